The second kappa shape index (κ2) is 7.67. The summed E-state index contributed by atoms with van der Waals surface area (Å²) in [5.41, 5.74) is 10.7. The molecule has 4 fully saturated rings. The topological polar surface area (TPSA) is 119 Å². The third-order valence-corrected chi connectivity index (χ3v) is 8.65. The maximum atomic E-state index is 10.9. The van der Waals surface area contributed by atoms with E-state index in [0.29, 0.717) is 30.7 Å². The van der Waals surface area contributed by atoms with Crippen LogP contribution < -0.4 is 11.1 Å². The smallest absolute Gasteiger partial charge is 0.152 e. The van der Waals surface area contributed by atoms with Crippen molar-refractivity contribution < 1.29 is 9.84 Å². The van der Waals surface area contributed by atoms with Crippen LogP contribution in [0.2, 0.25) is 0 Å². The Hall–Kier alpha value is -3.71. The largest absolute Gasteiger partial charge is 0.382 e. The molecule has 1 aromatic carbocycles. The van der Waals surface area contributed by atoms with Gasteiger partial charge in [-0.15, -0.1) is 6.42 Å². The molecule has 3 aromatic heterocycles. The minimum Gasteiger partial charge on any atom is -0.382 e. The number of epoxide rings is 1. The van der Waals surface area contributed by atoms with Crippen molar-refractivity contribution in [3.8, 4) is 34.9 Å². The third-order valence-electron chi connectivity index (χ3n) is 8.65. The Morgan fingerprint density at radius 1 is 1.11 bits per heavy atom. The number of hydrogen-bond acceptors (Lipinski definition) is 7. The predicted octanol–water partition coefficient (Wildman–Crippen LogP) is 3.05. The zero-order chi connectivity index (χ0) is 25.6. The van der Waals surface area contributed by atoms with E-state index in [1.807, 2.05) is 16.8 Å². The van der Waals surface area contributed by atoms with Crippen LogP contribution in [0.4, 0.5) is 5.82 Å². The van der Waals surface area contributed by atoms with Crippen LogP contribution in [-0.2, 0) is 10.2 Å². The normalized spacial score (nSPS) is 30.2. The Bertz CT molecular complexity index is 1620. The number of fused-ring (bicyclic) bond motifs is 1. The van der Waals surface area contributed by atoms with Crippen LogP contribution in [0.3, 0.4) is 0 Å². The second-order valence-electron chi connectivity index (χ2n) is 11.4. The predicted molar refractivity (Wildman–Crippen MR) is 142 cm³/mol. The number of nitrogen functional groups attached to an aromatic ring is 1. The highest BCUT2D eigenvalue weighted by atomic mass is 16.6. The number of nitrogens with one attached hydrogen (secondary N) is 1. The van der Waals surface area contributed by atoms with Gasteiger partial charge < -0.3 is 15.6 Å². The highest BCUT2D eigenvalue weighted by Gasteiger charge is 2.66. The molecule has 8 rings (SSSR count). The first-order chi connectivity index (χ1) is 18.5. The molecular weight excluding hydrogens is 478 g/mol. The molecule has 3 saturated carbocycles. The number of nitrogens with zero attached hydrogens (tertiary/aromatic N) is 5. The summed E-state index contributed by atoms with van der Waals surface area (Å²) in [7, 11) is 0. The van der Waals surface area contributed by atoms with Crippen LogP contribution in [-0.4, -0.2) is 53.5 Å². The van der Waals surface area contributed by atoms with E-state index in [9.17, 15) is 5.11 Å². The van der Waals surface area contributed by atoms with Gasteiger partial charge in [0.2, 0.25) is 0 Å². The molecule has 9 nitrogen and oxygen atoms in total. The molecule has 0 radical (unpaired) electrons. The van der Waals surface area contributed by atoms with Crippen molar-refractivity contribution in [3.05, 3.63) is 54.5 Å². The van der Waals surface area contributed by atoms with E-state index < -0.39 is 5.60 Å². The Kier molecular flexibility index (Phi) is 4.50. The van der Waals surface area contributed by atoms with Gasteiger partial charge in [0.05, 0.1) is 17.4 Å². The van der Waals surface area contributed by atoms with Crippen LogP contribution >= 0.6 is 0 Å². The summed E-state index contributed by atoms with van der Waals surface area (Å²) in [6, 6.07) is 13.6. The van der Waals surface area contributed by atoms with Crippen LogP contribution in [0.5, 0.6) is 0 Å². The second-order valence-corrected chi connectivity index (χ2v) is 11.4. The van der Waals surface area contributed by atoms with E-state index in [4.69, 9.17) is 16.9 Å². The van der Waals surface area contributed by atoms with Gasteiger partial charge in [-0.05, 0) is 62.3 Å². The van der Waals surface area contributed by atoms with Gasteiger partial charge in [0.1, 0.15) is 29.8 Å². The Morgan fingerprint density at radius 3 is 2.71 bits per heavy atom. The van der Waals surface area contributed by atoms with Gasteiger partial charge >= 0.3 is 0 Å². The summed E-state index contributed by atoms with van der Waals surface area (Å²) in [5, 5.41) is 23.6. The summed E-state index contributed by atoms with van der Waals surface area (Å²) in [6.07, 6.45) is 14.6. The first kappa shape index (κ1) is 22.3. The van der Waals surface area contributed by atoms with Crippen molar-refractivity contribution in [2.24, 2.45) is 0 Å². The molecule has 1 aliphatic heterocycles. The molecule has 3 aliphatic carbocycles. The summed E-state index contributed by atoms with van der Waals surface area (Å²) in [4.78, 5) is 4.29. The van der Waals surface area contributed by atoms with Crippen molar-refractivity contribution in [2.45, 2.75) is 74.0 Å². The third kappa shape index (κ3) is 3.34. The number of aliphatic hydroxyl groups is 1. The maximum absolute atomic E-state index is 10.9. The summed E-state index contributed by atoms with van der Waals surface area (Å²) >= 11 is 0. The molecular formula is C29H29N7O2. The molecule has 0 bridgehead atoms. The average molecular weight is 508 g/mol. The molecule has 9 heteroatoms. The fourth-order valence-electron chi connectivity index (χ4n) is 6.40. The van der Waals surface area contributed by atoms with E-state index in [-0.39, 0.29) is 17.7 Å². The number of anilines is 1. The molecule has 4 aliphatic rings. The summed E-state index contributed by atoms with van der Waals surface area (Å²) < 4.78 is 10.1. The molecule has 192 valence electrons. The summed E-state index contributed by atoms with van der Waals surface area (Å²) in [5.74, 6) is 3.03. The quantitative estimate of drug-likeness (QED) is 0.260. The monoisotopic (exact) mass is 507 g/mol. The molecule has 4 N–H and O–H groups in total. The van der Waals surface area contributed by atoms with Gasteiger partial charge in [-0.2, -0.15) is 10.2 Å². The van der Waals surface area contributed by atoms with Gasteiger partial charge in [0.15, 0.2) is 5.82 Å². The molecule has 38 heavy (non-hydrogen) atoms. The first-order valence-corrected chi connectivity index (χ1v) is 13.4. The van der Waals surface area contributed by atoms with E-state index in [1.54, 1.807) is 0 Å². The van der Waals surface area contributed by atoms with Crippen LogP contribution in [0.1, 0.15) is 50.1 Å². The highest BCUT2D eigenvalue weighted by molar-refractivity contribution is 5.91. The van der Waals surface area contributed by atoms with Crippen LogP contribution in [0.25, 0.3) is 28.0 Å². The van der Waals surface area contributed by atoms with E-state index in [2.05, 4.69) is 61.4 Å². The van der Waals surface area contributed by atoms with Crippen molar-refractivity contribution in [2.75, 3.05) is 5.73 Å². The standard InChI is InChI=1S/C29H29N7O2/c1-2-28(37)14-29(15-28,25-27(38-25)34-19-6-7-19)18-5-3-4-17(12-18)23-13-21(24-26(30)31-16-33-36(23)24)22-10-11-32-35(22)20-8-9-20/h1,3-5,10-13,16,19-20,25,27,34,37H,6-9,14-15H2,(H2,30,31,33)/t25?,27?,28-,29+. The lowest BCUT2D eigenvalue weighted by atomic mass is 9.54. The fraction of sp³-hybridized carbons (Fsp3) is 0.414. The lowest BCUT2D eigenvalue weighted by molar-refractivity contribution is -0.0539. The zero-order valence-electron chi connectivity index (χ0n) is 20.9. The van der Waals surface area contributed by atoms with Crippen molar-refractivity contribution in [1.82, 2.24) is 29.7 Å². The first-order valence-electron chi connectivity index (χ1n) is 13.4. The van der Waals surface area contributed by atoms with Crippen LogP contribution in [0, 0.1) is 12.3 Å². The van der Waals surface area contributed by atoms with Gasteiger partial charge in [-0.1, -0.05) is 24.1 Å². The van der Waals surface area contributed by atoms with Crippen molar-refractivity contribution in [1.29, 1.82) is 0 Å². The number of ether oxygens (including phenoxy) is 1. The molecule has 2 atom stereocenters. The minimum absolute atomic E-state index is 0.00413. The Labute approximate surface area is 220 Å². The van der Waals surface area contributed by atoms with Gasteiger partial charge in [0.25, 0.3) is 0 Å². The number of terminal acetylenes is 1. The SMILES string of the molecule is C#C[C@]1(O)C[C@@](c2cccc(-c3cc(-c4ccnn4C4CC4)c4c(N)ncnn34)c2)(C2OC2NC2CC2)C1. The molecule has 0 amide bonds. The number of rotatable bonds is 7. The molecule has 1 saturated heterocycles. The van der Waals surface area contributed by atoms with E-state index in [1.165, 1.54) is 19.2 Å². The van der Waals surface area contributed by atoms with Crippen LogP contribution in [0.15, 0.2) is 48.9 Å². The van der Waals surface area contributed by atoms with Gasteiger partial charge in [-0.25, -0.2) is 9.50 Å². The number of hydrogen-bond donors (Lipinski definition) is 3. The average Bonchev–Trinajstić information content (AvgIpc) is 3.86. The lowest BCUT2D eigenvalue weighted by Crippen LogP contribution is -2.57. The maximum Gasteiger partial charge on any atom is 0.152 e. The number of aromatic nitrogens is 5. The fourth-order valence-corrected chi connectivity index (χ4v) is 6.40. The molecule has 2 unspecified atom stereocenters. The van der Waals surface area contributed by atoms with Crippen molar-refractivity contribution in [3.63, 3.8) is 0 Å². The Balaban J connectivity index is 1.23. The molecule has 0 spiro atoms. The lowest BCUT2D eigenvalue weighted by Gasteiger charge is -2.51. The van der Waals surface area contributed by atoms with Gasteiger partial charge in [-0.3, -0.25) is 10.00 Å². The van der Waals surface area contributed by atoms with Gasteiger partial charge in [0, 0.05) is 28.8 Å². The van der Waals surface area contributed by atoms with Crippen molar-refractivity contribution >= 4 is 11.3 Å². The van der Waals surface area contributed by atoms with E-state index >= 15 is 0 Å². The summed E-state index contributed by atoms with van der Waals surface area (Å²) in [6.45, 7) is 0. The Morgan fingerprint density at radius 2 is 1.95 bits per heavy atom. The molecule has 4 heterocycles. The molecule has 4 aromatic rings. The highest BCUT2D eigenvalue weighted by Crippen LogP contribution is 2.58. The minimum atomic E-state index is -1.11. The zero-order valence-corrected chi connectivity index (χ0v) is 20.9. The van der Waals surface area contributed by atoms with E-state index in [0.717, 1.165) is 46.4 Å². The number of nitrogens with two attached hydrogens (primary N) is 1. The number of benzene rings is 1.